The van der Waals surface area contributed by atoms with Gasteiger partial charge in [-0.15, -0.1) is 0 Å². The number of anilines is 2. The molecular weight excluding hydrogens is 353 g/mol. The highest BCUT2D eigenvalue weighted by Crippen LogP contribution is 2.29. The van der Waals surface area contributed by atoms with Gasteiger partial charge in [0.25, 0.3) is 5.91 Å². The van der Waals surface area contributed by atoms with Gasteiger partial charge in [0.2, 0.25) is 0 Å². The summed E-state index contributed by atoms with van der Waals surface area (Å²) in [5, 5.41) is 7.90. The largest absolute Gasteiger partial charge is 0.355 e. The van der Waals surface area contributed by atoms with E-state index in [-0.39, 0.29) is 11.7 Å². The van der Waals surface area contributed by atoms with Crippen molar-refractivity contribution in [3.63, 3.8) is 0 Å². The van der Waals surface area contributed by atoms with Crippen molar-refractivity contribution in [2.75, 3.05) is 5.32 Å². The molecule has 0 saturated carbocycles. The monoisotopic (exact) mass is 371 g/mol. The first kappa shape index (κ1) is 17.7. The van der Waals surface area contributed by atoms with Crippen molar-refractivity contribution < 1.29 is 9.18 Å². The van der Waals surface area contributed by atoms with E-state index in [0.29, 0.717) is 17.8 Å². The Morgan fingerprint density at radius 3 is 2.46 bits per heavy atom. The average Bonchev–Trinajstić information content (AvgIpc) is 2.73. The molecule has 28 heavy (non-hydrogen) atoms. The van der Waals surface area contributed by atoms with Crippen LogP contribution in [0.1, 0.15) is 15.9 Å². The molecule has 4 rings (SSSR count). The summed E-state index contributed by atoms with van der Waals surface area (Å²) in [5.41, 5.74) is 3.04. The molecule has 0 aliphatic carbocycles. The zero-order chi connectivity index (χ0) is 19.3. The number of fused-ring (bicyclic) bond motifs is 1. The van der Waals surface area contributed by atoms with Crippen molar-refractivity contribution in [1.82, 2.24) is 10.3 Å². The summed E-state index contributed by atoms with van der Waals surface area (Å²) in [6.07, 6.45) is 3.40. The van der Waals surface area contributed by atoms with Gasteiger partial charge in [-0.1, -0.05) is 30.3 Å². The van der Waals surface area contributed by atoms with E-state index in [4.69, 9.17) is 0 Å². The molecule has 3 aromatic carbocycles. The van der Waals surface area contributed by atoms with Crippen molar-refractivity contribution in [3.8, 4) is 0 Å². The van der Waals surface area contributed by atoms with Gasteiger partial charge in [-0.25, -0.2) is 4.39 Å². The molecule has 0 unspecified atom stereocenters. The number of halogens is 1. The zero-order valence-corrected chi connectivity index (χ0v) is 15.0. The van der Waals surface area contributed by atoms with Gasteiger partial charge in [-0.2, -0.15) is 0 Å². The van der Waals surface area contributed by atoms with Crippen LogP contribution in [0.4, 0.5) is 15.8 Å². The fourth-order valence-corrected chi connectivity index (χ4v) is 3.11. The summed E-state index contributed by atoms with van der Waals surface area (Å²) < 4.78 is 13.5. The Morgan fingerprint density at radius 1 is 0.893 bits per heavy atom. The fourth-order valence-electron chi connectivity index (χ4n) is 3.11. The number of nitrogens with one attached hydrogen (secondary N) is 2. The number of hydrogen-bond acceptors (Lipinski definition) is 3. The average molecular weight is 371 g/mol. The minimum Gasteiger partial charge on any atom is -0.355 e. The van der Waals surface area contributed by atoms with E-state index < -0.39 is 0 Å². The summed E-state index contributed by atoms with van der Waals surface area (Å²) in [6.45, 7) is 0.430. The molecule has 1 heterocycles. The highest BCUT2D eigenvalue weighted by Gasteiger charge is 2.12. The van der Waals surface area contributed by atoms with Crippen LogP contribution >= 0.6 is 0 Å². The van der Waals surface area contributed by atoms with Crippen molar-refractivity contribution >= 4 is 28.1 Å². The fraction of sp³-hybridized carbons (Fsp3) is 0.0435. The summed E-state index contributed by atoms with van der Waals surface area (Å²) in [5.74, 6) is -0.452. The predicted octanol–water partition coefficient (Wildman–Crippen LogP) is 5.05. The molecule has 138 valence electrons. The van der Waals surface area contributed by atoms with E-state index in [1.54, 1.807) is 30.6 Å². The number of aromatic nitrogens is 1. The SMILES string of the molecule is O=C(NCc1ccncc1)c1ccc(Nc2cccc(F)c2)c2ccccc12. The topological polar surface area (TPSA) is 54.0 Å². The molecule has 0 radical (unpaired) electrons. The Kier molecular flexibility index (Phi) is 4.97. The van der Waals surface area contributed by atoms with Gasteiger partial charge < -0.3 is 10.6 Å². The number of rotatable bonds is 5. The van der Waals surface area contributed by atoms with E-state index >= 15 is 0 Å². The molecular formula is C23H18FN3O. The maximum Gasteiger partial charge on any atom is 0.252 e. The highest BCUT2D eigenvalue weighted by molar-refractivity contribution is 6.10. The Labute approximate surface area is 162 Å². The number of benzene rings is 3. The van der Waals surface area contributed by atoms with Gasteiger partial charge in [-0.05, 0) is 53.4 Å². The van der Waals surface area contributed by atoms with Crippen LogP contribution in [0.3, 0.4) is 0 Å². The second kappa shape index (κ2) is 7.88. The van der Waals surface area contributed by atoms with E-state index in [9.17, 15) is 9.18 Å². The van der Waals surface area contributed by atoms with E-state index in [1.165, 1.54) is 12.1 Å². The third kappa shape index (κ3) is 3.83. The second-order valence-corrected chi connectivity index (χ2v) is 6.38. The molecule has 0 bridgehead atoms. The molecule has 0 atom stereocenters. The van der Waals surface area contributed by atoms with Gasteiger partial charge in [0, 0.05) is 41.3 Å². The summed E-state index contributed by atoms with van der Waals surface area (Å²) in [6, 6.07) is 21.3. The number of pyridine rings is 1. The lowest BCUT2D eigenvalue weighted by atomic mass is 10.0. The van der Waals surface area contributed by atoms with E-state index in [2.05, 4.69) is 15.6 Å². The van der Waals surface area contributed by atoms with Crippen LogP contribution in [0, 0.1) is 5.82 Å². The molecule has 0 spiro atoms. The molecule has 5 heteroatoms. The van der Waals surface area contributed by atoms with Gasteiger partial charge in [0.15, 0.2) is 0 Å². The number of carbonyl (C=O) groups is 1. The van der Waals surface area contributed by atoms with Crippen LogP contribution in [-0.4, -0.2) is 10.9 Å². The molecule has 4 nitrogen and oxygen atoms in total. The first-order valence-corrected chi connectivity index (χ1v) is 8.92. The summed E-state index contributed by atoms with van der Waals surface area (Å²) >= 11 is 0. The predicted molar refractivity (Wildman–Crippen MR) is 109 cm³/mol. The quantitative estimate of drug-likeness (QED) is 0.516. The van der Waals surface area contributed by atoms with Crippen LogP contribution in [0.5, 0.6) is 0 Å². The summed E-state index contributed by atoms with van der Waals surface area (Å²) in [4.78, 5) is 16.7. The molecule has 2 N–H and O–H groups in total. The molecule has 0 fully saturated rings. The second-order valence-electron chi connectivity index (χ2n) is 6.38. The Hall–Kier alpha value is -3.73. The summed E-state index contributed by atoms with van der Waals surface area (Å²) in [7, 11) is 0. The van der Waals surface area contributed by atoms with Crippen molar-refractivity contribution in [2.24, 2.45) is 0 Å². The maximum absolute atomic E-state index is 13.5. The molecule has 0 aliphatic heterocycles. The van der Waals surface area contributed by atoms with E-state index in [0.717, 1.165) is 22.0 Å². The minimum atomic E-state index is -0.304. The third-order valence-corrected chi connectivity index (χ3v) is 4.47. The lowest BCUT2D eigenvalue weighted by molar-refractivity contribution is 0.0952. The first-order valence-electron chi connectivity index (χ1n) is 8.92. The van der Waals surface area contributed by atoms with Crippen LogP contribution in [-0.2, 0) is 6.54 Å². The van der Waals surface area contributed by atoms with Crippen LogP contribution in [0.25, 0.3) is 10.8 Å². The van der Waals surface area contributed by atoms with E-state index in [1.807, 2.05) is 42.5 Å². The zero-order valence-electron chi connectivity index (χ0n) is 15.0. The van der Waals surface area contributed by atoms with Crippen LogP contribution in [0.2, 0.25) is 0 Å². The Balaban J connectivity index is 1.62. The molecule has 0 saturated heterocycles. The van der Waals surface area contributed by atoms with Crippen LogP contribution < -0.4 is 10.6 Å². The van der Waals surface area contributed by atoms with Gasteiger partial charge >= 0.3 is 0 Å². The third-order valence-electron chi connectivity index (χ3n) is 4.47. The lowest BCUT2D eigenvalue weighted by Crippen LogP contribution is -2.23. The van der Waals surface area contributed by atoms with Gasteiger partial charge in [0.1, 0.15) is 5.82 Å². The van der Waals surface area contributed by atoms with Gasteiger partial charge in [0.05, 0.1) is 0 Å². The smallest absolute Gasteiger partial charge is 0.252 e. The van der Waals surface area contributed by atoms with Crippen molar-refractivity contribution in [1.29, 1.82) is 0 Å². The number of nitrogens with zero attached hydrogens (tertiary/aromatic N) is 1. The molecule has 4 aromatic rings. The Bertz CT molecular complexity index is 1130. The highest BCUT2D eigenvalue weighted by atomic mass is 19.1. The lowest BCUT2D eigenvalue weighted by Gasteiger charge is -2.13. The standard InChI is InChI=1S/C23H18FN3O/c24-17-4-3-5-18(14-17)27-22-9-8-21(19-6-1-2-7-20(19)22)23(28)26-15-16-10-12-25-13-11-16/h1-14,27H,15H2,(H,26,28). The van der Waals surface area contributed by atoms with Crippen molar-refractivity contribution in [3.05, 3.63) is 102 Å². The molecule has 1 amide bonds. The Morgan fingerprint density at radius 2 is 1.68 bits per heavy atom. The van der Waals surface area contributed by atoms with Gasteiger partial charge in [-0.3, -0.25) is 9.78 Å². The van der Waals surface area contributed by atoms with Crippen molar-refractivity contribution in [2.45, 2.75) is 6.54 Å². The molecule has 1 aromatic heterocycles. The first-order chi connectivity index (χ1) is 13.7. The number of hydrogen-bond donors (Lipinski definition) is 2. The minimum absolute atomic E-state index is 0.148. The number of amides is 1. The normalized spacial score (nSPS) is 10.6. The maximum atomic E-state index is 13.5. The number of carbonyl (C=O) groups excluding carboxylic acids is 1. The molecule has 0 aliphatic rings. The van der Waals surface area contributed by atoms with Crippen LogP contribution in [0.15, 0.2) is 85.2 Å².